The van der Waals surface area contributed by atoms with Crippen LogP contribution in [0.1, 0.15) is 39.2 Å². The van der Waals surface area contributed by atoms with Crippen LogP contribution < -0.4 is 0 Å². The molecule has 1 aromatic carbocycles. The molecule has 0 spiro atoms. The van der Waals surface area contributed by atoms with Gasteiger partial charge in [-0.05, 0) is 35.7 Å². The Labute approximate surface area is 128 Å². The third kappa shape index (κ3) is 2.70. The summed E-state index contributed by atoms with van der Waals surface area (Å²) in [6.07, 6.45) is 2.63. The zero-order valence-corrected chi connectivity index (χ0v) is 14.5. The Hall–Kier alpha value is 0.180. The first kappa shape index (κ1) is 14.6. The lowest BCUT2D eigenvalue weighted by atomic mass is 9.66. The average molecular weight is 374 g/mol. The lowest BCUT2D eigenvalue weighted by molar-refractivity contribution is 0.222. The summed E-state index contributed by atoms with van der Waals surface area (Å²) in [5, 5.41) is 0. The van der Waals surface area contributed by atoms with E-state index < -0.39 is 0 Å². The van der Waals surface area contributed by atoms with Gasteiger partial charge in [0.15, 0.2) is 0 Å². The Kier molecular flexibility index (Phi) is 4.59. The molecule has 0 heterocycles. The maximum atomic E-state index is 3.95. The van der Waals surface area contributed by atoms with Crippen LogP contribution in [0.2, 0.25) is 0 Å². The van der Waals surface area contributed by atoms with Crippen molar-refractivity contribution in [3.8, 4) is 0 Å². The molecule has 1 fully saturated rings. The first-order valence-corrected chi connectivity index (χ1v) is 8.61. The van der Waals surface area contributed by atoms with Crippen LogP contribution in [-0.2, 0) is 5.41 Å². The van der Waals surface area contributed by atoms with Crippen LogP contribution in [-0.4, -0.2) is 9.65 Å². The van der Waals surface area contributed by atoms with E-state index in [0.717, 1.165) is 5.92 Å². The average Bonchev–Trinajstić information content (AvgIpc) is 2.37. The van der Waals surface area contributed by atoms with Gasteiger partial charge in [0.1, 0.15) is 0 Å². The molecule has 100 valence electrons. The molecule has 0 aromatic heterocycles. The highest BCUT2D eigenvalue weighted by atomic mass is 79.9. The first-order chi connectivity index (χ1) is 8.44. The van der Waals surface area contributed by atoms with Crippen molar-refractivity contribution in [1.29, 1.82) is 0 Å². The van der Waals surface area contributed by atoms with Crippen molar-refractivity contribution in [2.24, 2.45) is 11.8 Å². The summed E-state index contributed by atoms with van der Waals surface area (Å²) < 4.78 is 0. The summed E-state index contributed by atoms with van der Waals surface area (Å²) in [5.74, 6) is 1.44. The second-order valence-corrected chi connectivity index (χ2v) is 8.25. The highest BCUT2D eigenvalue weighted by Crippen LogP contribution is 2.47. The minimum Gasteiger partial charge on any atom is -0.0876 e. The minimum atomic E-state index is 0.224. The smallest absolute Gasteiger partial charge is 0.0310 e. The Morgan fingerprint density at radius 2 is 1.61 bits per heavy atom. The summed E-state index contributed by atoms with van der Waals surface area (Å²) in [6.45, 7) is 7.12. The molecule has 18 heavy (non-hydrogen) atoms. The van der Waals surface area contributed by atoms with Crippen LogP contribution >= 0.6 is 31.9 Å². The van der Waals surface area contributed by atoms with Crippen LogP contribution in [0.4, 0.5) is 0 Å². The molecular formula is C16H22Br2. The fraction of sp³-hybridized carbons (Fsp3) is 0.625. The largest absolute Gasteiger partial charge is 0.0876 e. The molecule has 4 unspecified atom stereocenters. The Balaban J connectivity index is 2.25. The molecule has 0 radical (unpaired) electrons. The van der Waals surface area contributed by atoms with E-state index >= 15 is 0 Å². The number of hydrogen-bond donors (Lipinski definition) is 0. The van der Waals surface area contributed by atoms with Crippen LogP contribution in [0, 0.1) is 11.8 Å². The summed E-state index contributed by atoms with van der Waals surface area (Å²) in [4.78, 5) is 1.13. The number of halogens is 2. The van der Waals surface area contributed by atoms with E-state index in [1.807, 2.05) is 0 Å². The molecule has 0 saturated heterocycles. The van der Waals surface area contributed by atoms with Gasteiger partial charge in [-0.1, -0.05) is 83.0 Å². The maximum Gasteiger partial charge on any atom is 0.0310 e. The van der Waals surface area contributed by atoms with E-state index in [1.165, 1.54) is 18.4 Å². The van der Waals surface area contributed by atoms with Gasteiger partial charge in [0.25, 0.3) is 0 Å². The Morgan fingerprint density at radius 1 is 1.00 bits per heavy atom. The van der Waals surface area contributed by atoms with Crippen molar-refractivity contribution in [3.05, 3.63) is 35.9 Å². The van der Waals surface area contributed by atoms with Gasteiger partial charge in [-0.2, -0.15) is 0 Å². The SMILES string of the molecule is CC1CCC(C(C)(C)c2ccccc2)C(Br)C1Br. The highest BCUT2D eigenvalue weighted by molar-refractivity contribution is 9.12. The van der Waals surface area contributed by atoms with Gasteiger partial charge >= 0.3 is 0 Å². The number of rotatable bonds is 2. The van der Waals surface area contributed by atoms with E-state index in [-0.39, 0.29) is 5.41 Å². The molecule has 0 N–H and O–H groups in total. The predicted molar refractivity (Wildman–Crippen MR) is 86.8 cm³/mol. The highest BCUT2D eigenvalue weighted by Gasteiger charge is 2.42. The van der Waals surface area contributed by atoms with Crippen LogP contribution in [0.3, 0.4) is 0 Å². The van der Waals surface area contributed by atoms with Gasteiger partial charge < -0.3 is 0 Å². The molecule has 1 aliphatic rings. The molecule has 0 nitrogen and oxygen atoms in total. The van der Waals surface area contributed by atoms with Gasteiger partial charge in [-0.3, -0.25) is 0 Å². The molecule has 0 amide bonds. The quantitative estimate of drug-likeness (QED) is 0.597. The van der Waals surface area contributed by atoms with Crippen molar-refractivity contribution >= 4 is 31.9 Å². The van der Waals surface area contributed by atoms with Crippen LogP contribution in [0.15, 0.2) is 30.3 Å². The maximum absolute atomic E-state index is 3.95. The summed E-state index contributed by atoms with van der Waals surface area (Å²) >= 11 is 7.82. The Morgan fingerprint density at radius 3 is 2.22 bits per heavy atom. The summed E-state index contributed by atoms with van der Waals surface area (Å²) in [7, 11) is 0. The molecule has 1 saturated carbocycles. The topological polar surface area (TPSA) is 0 Å². The van der Waals surface area contributed by atoms with E-state index in [4.69, 9.17) is 0 Å². The van der Waals surface area contributed by atoms with Gasteiger partial charge in [-0.25, -0.2) is 0 Å². The number of benzene rings is 1. The fourth-order valence-corrected chi connectivity index (χ4v) is 5.22. The number of hydrogen-bond acceptors (Lipinski definition) is 0. The molecule has 1 aliphatic carbocycles. The van der Waals surface area contributed by atoms with Gasteiger partial charge in [-0.15, -0.1) is 0 Å². The van der Waals surface area contributed by atoms with Gasteiger partial charge in [0.2, 0.25) is 0 Å². The van der Waals surface area contributed by atoms with Crippen molar-refractivity contribution < 1.29 is 0 Å². The Bertz CT molecular complexity index is 385. The minimum absolute atomic E-state index is 0.224. The molecular weight excluding hydrogens is 352 g/mol. The normalized spacial score (nSPS) is 33.4. The van der Waals surface area contributed by atoms with Gasteiger partial charge in [0.05, 0.1) is 0 Å². The molecule has 4 atom stereocenters. The molecule has 1 aromatic rings. The van der Waals surface area contributed by atoms with E-state index in [2.05, 4.69) is 83.0 Å². The van der Waals surface area contributed by atoms with Crippen LogP contribution in [0.5, 0.6) is 0 Å². The lowest BCUT2D eigenvalue weighted by Gasteiger charge is -2.45. The van der Waals surface area contributed by atoms with Gasteiger partial charge in [0, 0.05) is 9.65 Å². The molecule has 2 heteroatoms. The van der Waals surface area contributed by atoms with Crippen molar-refractivity contribution in [1.82, 2.24) is 0 Å². The second kappa shape index (κ2) is 5.66. The molecule has 2 rings (SSSR count). The van der Waals surface area contributed by atoms with Crippen molar-refractivity contribution in [2.75, 3.05) is 0 Å². The monoisotopic (exact) mass is 372 g/mol. The standard InChI is InChI=1S/C16H22Br2/c1-11-9-10-13(15(18)14(11)17)16(2,3)12-7-5-4-6-8-12/h4-8,11,13-15H,9-10H2,1-3H3. The summed E-state index contributed by atoms with van der Waals surface area (Å²) in [6, 6.07) is 10.9. The molecule has 0 bridgehead atoms. The van der Waals surface area contributed by atoms with E-state index in [0.29, 0.717) is 15.6 Å². The first-order valence-electron chi connectivity index (χ1n) is 6.78. The fourth-order valence-electron chi connectivity index (χ4n) is 3.14. The van der Waals surface area contributed by atoms with E-state index in [1.54, 1.807) is 0 Å². The predicted octanol–water partition coefficient (Wildman–Crippen LogP) is 5.54. The lowest BCUT2D eigenvalue weighted by Crippen LogP contribution is -2.44. The van der Waals surface area contributed by atoms with Crippen LogP contribution in [0.25, 0.3) is 0 Å². The third-order valence-corrected chi connectivity index (χ3v) is 8.00. The second-order valence-electron chi connectivity index (χ2n) is 6.14. The third-order valence-electron chi connectivity index (χ3n) is 4.61. The van der Waals surface area contributed by atoms with E-state index in [9.17, 15) is 0 Å². The zero-order chi connectivity index (χ0) is 13.3. The summed E-state index contributed by atoms with van der Waals surface area (Å²) in [5.41, 5.74) is 1.68. The van der Waals surface area contributed by atoms with Crippen molar-refractivity contribution in [3.63, 3.8) is 0 Å². The zero-order valence-electron chi connectivity index (χ0n) is 11.4. The van der Waals surface area contributed by atoms with Crippen molar-refractivity contribution in [2.45, 2.75) is 48.7 Å². The molecule has 0 aliphatic heterocycles. The number of alkyl halides is 2.